The summed E-state index contributed by atoms with van der Waals surface area (Å²) in [4.78, 5) is 18.5. The molecule has 1 aliphatic carbocycles. The molecule has 1 amide bonds. The van der Waals surface area contributed by atoms with E-state index < -0.39 is 0 Å². The normalized spacial score (nSPS) is 22.5. The molecule has 2 saturated heterocycles. The van der Waals surface area contributed by atoms with Crippen LogP contribution < -0.4 is 26.0 Å². The summed E-state index contributed by atoms with van der Waals surface area (Å²) in [6.07, 6.45) is 3.84. The SMILES string of the molecule is CN1CCN2c3cc(C(=O)NC4(c5ccc(NC6CCOCC6)c6ccccc56)CC4)c(N)cc3OC[C@@H]2C1. The Balaban J connectivity index is 1.17. The minimum atomic E-state index is -0.386. The number of hydrogen-bond donors (Lipinski definition) is 3. The van der Waals surface area contributed by atoms with Crippen LogP contribution in [0.15, 0.2) is 48.5 Å². The highest BCUT2D eigenvalue weighted by molar-refractivity contribution is 6.03. The minimum Gasteiger partial charge on any atom is -0.489 e. The van der Waals surface area contributed by atoms with Crippen molar-refractivity contribution in [1.29, 1.82) is 0 Å². The van der Waals surface area contributed by atoms with E-state index in [2.05, 4.69) is 63.9 Å². The summed E-state index contributed by atoms with van der Waals surface area (Å²) in [5, 5.41) is 9.51. The second-order valence-corrected chi connectivity index (χ2v) is 11.6. The highest BCUT2D eigenvalue weighted by atomic mass is 16.5. The van der Waals surface area contributed by atoms with Gasteiger partial charge in [-0.2, -0.15) is 0 Å². The van der Waals surface area contributed by atoms with Gasteiger partial charge in [-0.3, -0.25) is 4.79 Å². The standard InChI is InChI=1S/C31H37N5O3/c1-35-12-13-36-21(18-35)19-39-29-17-26(32)24(16-28(29)36)30(37)34-31(10-11-31)25-6-7-27(23-5-3-2-4-22(23)25)33-20-8-14-38-15-9-20/h2-7,16-17,20-21,33H,8-15,18-19,32H2,1H3,(H,34,37)/t21-/m0/s1. The van der Waals surface area contributed by atoms with Crippen molar-refractivity contribution in [2.75, 3.05) is 62.5 Å². The van der Waals surface area contributed by atoms with Crippen molar-refractivity contribution in [2.45, 2.75) is 43.3 Å². The first kappa shape index (κ1) is 24.5. The number of nitrogens with zero attached hydrogens (tertiary/aromatic N) is 2. The predicted octanol–water partition coefficient (Wildman–Crippen LogP) is 3.94. The van der Waals surface area contributed by atoms with Crippen LogP contribution in [0, 0.1) is 0 Å². The fourth-order valence-electron chi connectivity index (χ4n) is 6.55. The average Bonchev–Trinajstić information content (AvgIpc) is 3.73. The van der Waals surface area contributed by atoms with Gasteiger partial charge in [-0.1, -0.05) is 30.3 Å². The van der Waals surface area contributed by atoms with Gasteiger partial charge in [-0.25, -0.2) is 0 Å². The van der Waals surface area contributed by atoms with Gasteiger partial charge in [0.15, 0.2) is 0 Å². The molecule has 3 fully saturated rings. The van der Waals surface area contributed by atoms with Gasteiger partial charge in [0, 0.05) is 61.7 Å². The summed E-state index contributed by atoms with van der Waals surface area (Å²) in [6.45, 7) is 5.08. The molecule has 39 heavy (non-hydrogen) atoms. The monoisotopic (exact) mass is 527 g/mol. The van der Waals surface area contributed by atoms with E-state index in [4.69, 9.17) is 15.2 Å². The van der Waals surface area contributed by atoms with Crippen molar-refractivity contribution in [1.82, 2.24) is 10.2 Å². The molecule has 7 rings (SSSR count). The first-order valence-electron chi connectivity index (χ1n) is 14.2. The molecule has 8 heteroatoms. The van der Waals surface area contributed by atoms with Crippen LogP contribution in [0.5, 0.6) is 5.75 Å². The number of nitrogens with two attached hydrogens (primary N) is 1. The molecule has 3 aromatic carbocycles. The van der Waals surface area contributed by atoms with Crippen molar-refractivity contribution in [2.24, 2.45) is 0 Å². The zero-order valence-electron chi connectivity index (χ0n) is 22.5. The van der Waals surface area contributed by atoms with Crippen LogP contribution in [0.1, 0.15) is 41.6 Å². The molecule has 8 nitrogen and oxygen atoms in total. The predicted molar refractivity (Wildman–Crippen MR) is 155 cm³/mol. The number of nitrogens with one attached hydrogen (secondary N) is 2. The summed E-state index contributed by atoms with van der Waals surface area (Å²) >= 11 is 0. The zero-order valence-corrected chi connectivity index (χ0v) is 22.5. The van der Waals surface area contributed by atoms with E-state index in [0.29, 0.717) is 23.9 Å². The number of hydrogen-bond acceptors (Lipinski definition) is 7. The second kappa shape index (κ2) is 9.61. The number of ether oxygens (including phenoxy) is 2. The molecule has 4 aliphatic rings. The number of anilines is 3. The number of carbonyl (C=O) groups excluding carboxylic acids is 1. The molecule has 0 unspecified atom stereocenters. The van der Waals surface area contributed by atoms with Gasteiger partial charge in [0.1, 0.15) is 12.4 Å². The third-order valence-electron chi connectivity index (χ3n) is 8.93. The highest BCUT2D eigenvalue weighted by Gasteiger charge is 2.47. The van der Waals surface area contributed by atoms with Crippen LogP contribution in [-0.2, 0) is 10.3 Å². The number of amides is 1. The number of rotatable bonds is 5. The zero-order chi connectivity index (χ0) is 26.6. The Morgan fingerprint density at radius 1 is 1.05 bits per heavy atom. The first-order valence-corrected chi connectivity index (χ1v) is 14.2. The lowest BCUT2D eigenvalue weighted by Gasteiger charge is -2.44. The number of likely N-dealkylation sites (N-methyl/N-ethyl adjacent to an activating group) is 1. The maximum atomic E-state index is 13.8. The van der Waals surface area contributed by atoms with E-state index >= 15 is 0 Å². The third-order valence-corrected chi connectivity index (χ3v) is 8.93. The van der Waals surface area contributed by atoms with Gasteiger partial charge in [0.2, 0.25) is 0 Å². The molecular formula is C31H37N5O3. The van der Waals surface area contributed by atoms with E-state index in [-0.39, 0.29) is 17.5 Å². The summed E-state index contributed by atoms with van der Waals surface area (Å²) in [5.41, 5.74) is 10.3. The van der Waals surface area contributed by atoms with Crippen molar-refractivity contribution in [3.8, 4) is 5.75 Å². The van der Waals surface area contributed by atoms with Crippen LogP contribution in [0.25, 0.3) is 10.8 Å². The molecule has 204 valence electrons. The van der Waals surface area contributed by atoms with Crippen LogP contribution in [0.2, 0.25) is 0 Å². The molecule has 1 atom stereocenters. The fourth-order valence-corrected chi connectivity index (χ4v) is 6.55. The van der Waals surface area contributed by atoms with Crippen molar-refractivity contribution in [3.63, 3.8) is 0 Å². The van der Waals surface area contributed by atoms with Gasteiger partial charge >= 0.3 is 0 Å². The molecule has 0 spiro atoms. The minimum absolute atomic E-state index is 0.127. The van der Waals surface area contributed by atoms with Crippen molar-refractivity contribution >= 4 is 33.7 Å². The third kappa shape index (κ3) is 4.45. The first-order chi connectivity index (χ1) is 19.0. The van der Waals surface area contributed by atoms with E-state index in [0.717, 1.165) is 75.7 Å². The van der Waals surface area contributed by atoms with E-state index in [1.807, 2.05) is 12.1 Å². The number of benzene rings is 3. The maximum absolute atomic E-state index is 13.8. The van der Waals surface area contributed by atoms with Crippen molar-refractivity contribution in [3.05, 3.63) is 59.7 Å². The molecule has 3 aliphatic heterocycles. The largest absolute Gasteiger partial charge is 0.489 e. The quantitative estimate of drug-likeness (QED) is 0.433. The molecule has 0 aromatic heterocycles. The van der Waals surface area contributed by atoms with Gasteiger partial charge in [-0.15, -0.1) is 0 Å². The Morgan fingerprint density at radius 3 is 2.64 bits per heavy atom. The van der Waals surface area contributed by atoms with E-state index in [9.17, 15) is 4.79 Å². The molecule has 3 aromatic rings. The molecule has 1 saturated carbocycles. The second-order valence-electron chi connectivity index (χ2n) is 11.6. The molecule has 0 bridgehead atoms. The number of piperazine rings is 1. The topological polar surface area (TPSA) is 92.1 Å². The van der Waals surface area contributed by atoms with Crippen LogP contribution >= 0.6 is 0 Å². The Labute approximate surface area is 229 Å². The number of fused-ring (bicyclic) bond motifs is 4. The maximum Gasteiger partial charge on any atom is 0.254 e. The average molecular weight is 528 g/mol. The number of carbonyl (C=O) groups is 1. The fraction of sp³-hybridized carbons (Fsp3) is 0.452. The van der Waals surface area contributed by atoms with Crippen LogP contribution in [-0.4, -0.2) is 69.4 Å². The molecule has 4 N–H and O–H groups in total. The lowest BCUT2D eigenvalue weighted by atomic mass is 9.94. The Bertz CT molecular complexity index is 1410. The molecule has 3 heterocycles. The highest BCUT2D eigenvalue weighted by Crippen LogP contribution is 2.49. The van der Waals surface area contributed by atoms with Gasteiger partial charge < -0.3 is 35.6 Å². The smallest absolute Gasteiger partial charge is 0.254 e. The summed E-state index contributed by atoms with van der Waals surface area (Å²) in [6, 6.07) is 17.3. The van der Waals surface area contributed by atoms with Gasteiger partial charge in [-0.05, 0) is 55.8 Å². The summed E-state index contributed by atoms with van der Waals surface area (Å²) in [5.74, 6) is 0.641. The summed E-state index contributed by atoms with van der Waals surface area (Å²) in [7, 11) is 2.14. The van der Waals surface area contributed by atoms with Crippen LogP contribution in [0.4, 0.5) is 17.1 Å². The molecule has 0 radical (unpaired) electrons. The lowest BCUT2D eigenvalue weighted by molar-refractivity contribution is 0.0904. The number of nitrogen functional groups attached to an aromatic ring is 1. The Kier molecular flexibility index (Phi) is 6.05. The Morgan fingerprint density at radius 2 is 1.85 bits per heavy atom. The van der Waals surface area contributed by atoms with Crippen LogP contribution in [0.3, 0.4) is 0 Å². The van der Waals surface area contributed by atoms with E-state index in [1.165, 1.54) is 16.3 Å². The summed E-state index contributed by atoms with van der Waals surface area (Å²) < 4.78 is 11.6. The van der Waals surface area contributed by atoms with E-state index in [1.54, 1.807) is 0 Å². The lowest BCUT2D eigenvalue weighted by Crippen LogP contribution is -2.56. The van der Waals surface area contributed by atoms with Gasteiger partial charge in [0.25, 0.3) is 5.91 Å². The van der Waals surface area contributed by atoms with Crippen molar-refractivity contribution < 1.29 is 14.3 Å². The Hall–Kier alpha value is -3.49. The van der Waals surface area contributed by atoms with Gasteiger partial charge in [0.05, 0.1) is 22.8 Å². The molecular weight excluding hydrogens is 490 g/mol.